The van der Waals surface area contributed by atoms with E-state index in [1.807, 2.05) is 13.3 Å². The van der Waals surface area contributed by atoms with E-state index in [0.29, 0.717) is 11.8 Å². The van der Waals surface area contributed by atoms with Gasteiger partial charge in [-0.1, -0.05) is 0 Å². The Bertz CT molecular complexity index is 395. The van der Waals surface area contributed by atoms with Crippen LogP contribution in [0.15, 0.2) is 11.0 Å². The number of hydrogen-bond acceptors (Lipinski definition) is 3. The van der Waals surface area contributed by atoms with Crippen LogP contribution in [0.5, 0.6) is 5.75 Å². The third-order valence-electron chi connectivity index (χ3n) is 3.24. The van der Waals surface area contributed by atoms with Crippen molar-refractivity contribution < 1.29 is 5.11 Å². The molecule has 0 bridgehead atoms. The van der Waals surface area contributed by atoms with E-state index in [1.165, 1.54) is 11.1 Å². The Morgan fingerprint density at radius 1 is 1.50 bits per heavy atom. The molecule has 16 heavy (non-hydrogen) atoms. The Balaban J connectivity index is 0.00000128. The van der Waals surface area contributed by atoms with Gasteiger partial charge in [0.15, 0.2) is 0 Å². The van der Waals surface area contributed by atoms with Crippen molar-refractivity contribution in [3.8, 4) is 5.75 Å². The topological polar surface area (TPSA) is 32.3 Å². The zero-order valence-electron chi connectivity index (χ0n) is 9.83. The van der Waals surface area contributed by atoms with Crippen molar-refractivity contribution in [1.82, 2.24) is 5.32 Å². The molecule has 1 atom stereocenters. The van der Waals surface area contributed by atoms with Gasteiger partial charge < -0.3 is 10.4 Å². The smallest absolute Gasteiger partial charge is 0.134 e. The van der Waals surface area contributed by atoms with E-state index in [9.17, 15) is 5.11 Å². The van der Waals surface area contributed by atoms with Crippen LogP contribution in [0, 0.1) is 6.92 Å². The molecule has 1 aromatic carbocycles. The van der Waals surface area contributed by atoms with Crippen LogP contribution in [-0.2, 0) is 6.42 Å². The quantitative estimate of drug-likeness (QED) is 0.801. The van der Waals surface area contributed by atoms with Crippen molar-refractivity contribution in [3.63, 3.8) is 0 Å². The molecule has 0 aliphatic heterocycles. The van der Waals surface area contributed by atoms with Gasteiger partial charge in [-0.15, -0.1) is 24.2 Å². The number of aromatic hydroxyl groups is 1. The van der Waals surface area contributed by atoms with Gasteiger partial charge in [0.2, 0.25) is 0 Å². The molecule has 1 aromatic rings. The zero-order chi connectivity index (χ0) is 11.0. The first kappa shape index (κ1) is 13.7. The van der Waals surface area contributed by atoms with Crippen LogP contribution < -0.4 is 5.32 Å². The first-order chi connectivity index (χ1) is 7.19. The van der Waals surface area contributed by atoms with E-state index in [4.69, 9.17) is 0 Å². The molecule has 1 aliphatic rings. The molecule has 0 heterocycles. The number of nitrogens with one attached hydrogen (secondary N) is 1. The summed E-state index contributed by atoms with van der Waals surface area (Å²) in [5.41, 5.74) is 3.77. The maximum absolute atomic E-state index is 10.2. The standard InChI is InChI=1S/C12H17NOS.ClH/c1-7-6-10(15-3)12(14)11-8(7)4-5-9(11)13-2;/h6,9,13-14H,4-5H2,1-3H3;1H. The van der Waals surface area contributed by atoms with E-state index in [1.54, 1.807) is 11.8 Å². The summed E-state index contributed by atoms with van der Waals surface area (Å²) in [4.78, 5) is 0.994. The van der Waals surface area contributed by atoms with Gasteiger partial charge in [-0.05, 0) is 50.3 Å². The highest BCUT2D eigenvalue weighted by Crippen LogP contribution is 2.43. The second kappa shape index (κ2) is 5.30. The average molecular weight is 260 g/mol. The van der Waals surface area contributed by atoms with Gasteiger partial charge in [0.1, 0.15) is 5.75 Å². The van der Waals surface area contributed by atoms with Gasteiger partial charge in [-0.2, -0.15) is 0 Å². The minimum Gasteiger partial charge on any atom is -0.506 e. The third kappa shape index (κ3) is 2.04. The fourth-order valence-corrected chi connectivity index (χ4v) is 3.02. The number of benzene rings is 1. The summed E-state index contributed by atoms with van der Waals surface area (Å²) in [5, 5.41) is 13.4. The van der Waals surface area contributed by atoms with Crippen LogP contribution in [0.2, 0.25) is 0 Å². The van der Waals surface area contributed by atoms with Gasteiger partial charge in [0, 0.05) is 16.5 Å². The lowest BCUT2D eigenvalue weighted by Gasteiger charge is -2.15. The third-order valence-corrected chi connectivity index (χ3v) is 3.99. The Hall–Kier alpha value is -0.380. The molecule has 2 nitrogen and oxygen atoms in total. The van der Waals surface area contributed by atoms with Crippen LogP contribution in [0.4, 0.5) is 0 Å². The monoisotopic (exact) mass is 259 g/mol. The molecule has 1 unspecified atom stereocenters. The summed E-state index contributed by atoms with van der Waals surface area (Å²) in [6, 6.07) is 2.42. The summed E-state index contributed by atoms with van der Waals surface area (Å²) in [6.45, 7) is 2.13. The van der Waals surface area contributed by atoms with Gasteiger partial charge in [0.05, 0.1) is 0 Å². The molecular weight excluding hydrogens is 242 g/mol. The maximum atomic E-state index is 10.2. The number of hydrogen-bond donors (Lipinski definition) is 2. The van der Waals surface area contributed by atoms with E-state index >= 15 is 0 Å². The van der Waals surface area contributed by atoms with E-state index in [-0.39, 0.29) is 12.4 Å². The minimum absolute atomic E-state index is 0. The Morgan fingerprint density at radius 2 is 2.19 bits per heavy atom. The lowest BCUT2D eigenvalue weighted by molar-refractivity contribution is 0.444. The second-order valence-corrected chi connectivity index (χ2v) is 4.86. The van der Waals surface area contributed by atoms with Gasteiger partial charge in [0.25, 0.3) is 0 Å². The first-order valence-corrected chi connectivity index (χ1v) is 6.48. The summed E-state index contributed by atoms with van der Waals surface area (Å²) in [7, 11) is 1.96. The molecule has 0 fully saturated rings. The van der Waals surface area contributed by atoms with Gasteiger partial charge >= 0.3 is 0 Å². The van der Waals surface area contributed by atoms with Crippen LogP contribution in [0.25, 0.3) is 0 Å². The van der Waals surface area contributed by atoms with Crippen molar-refractivity contribution in [1.29, 1.82) is 0 Å². The highest BCUT2D eigenvalue weighted by molar-refractivity contribution is 7.98. The molecule has 0 saturated heterocycles. The molecule has 90 valence electrons. The molecule has 1 aliphatic carbocycles. The lowest BCUT2D eigenvalue weighted by Crippen LogP contribution is -2.13. The van der Waals surface area contributed by atoms with Gasteiger partial charge in [-0.25, -0.2) is 0 Å². The fourth-order valence-electron chi connectivity index (χ4n) is 2.42. The number of phenols is 1. The van der Waals surface area contributed by atoms with E-state index < -0.39 is 0 Å². The van der Waals surface area contributed by atoms with E-state index in [0.717, 1.165) is 23.3 Å². The van der Waals surface area contributed by atoms with Gasteiger partial charge in [-0.3, -0.25) is 0 Å². The van der Waals surface area contributed by atoms with Crippen LogP contribution >= 0.6 is 24.2 Å². The highest BCUT2D eigenvalue weighted by Gasteiger charge is 2.27. The van der Waals surface area contributed by atoms with Crippen molar-refractivity contribution in [2.45, 2.75) is 30.7 Å². The number of thioether (sulfide) groups is 1. The van der Waals surface area contributed by atoms with Crippen molar-refractivity contribution >= 4 is 24.2 Å². The predicted molar refractivity (Wildman–Crippen MR) is 72.0 cm³/mol. The second-order valence-electron chi connectivity index (χ2n) is 4.02. The Labute approximate surface area is 107 Å². The van der Waals surface area contributed by atoms with E-state index in [2.05, 4.69) is 18.3 Å². The number of rotatable bonds is 2. The fraction of sp³-hybridized carbons (Fsp3) is 0.500. The Morgan fingerprint density at radius 3 is 2.75 bits per heavy atom. The molecule has 0 radical (unpaired) electrons. The molecular formula is C12H18ClNOS. The number of fused-ring (bicyclic) bond motifs is 1. The highest BCUT2D eigenvalue weighted by atomic mass is 35.5. The summed E-state index contributed by atoms with van der Waals surface area (Å²) >= 11 is 1.61. The first-order valence-electron chi connectivity index (χ1n) is 5.25. The zero-order valence-corrected chi connectivity index (χ0v) is 11.5. The molecule has 2 rings (SSSR count). The molecule has 4 heteroatoms. The van der Waals surface area contributed by atoms with Crippen molar-refractivity contribution in [2.24, 2.45) is 0 Å². The normalized spacial score (nSPS) is 18.1. The summed E-state index contributed by atoms with van der Waals surface area (Å²) in [5.74, 6) is 0.486. The number of aryl methyl sites for hydroxylation is 1. The predicted octanol–water partition coefficient (Wildman–Crippen LogP) is 3.05. The molecule has 0 saturated carbocycles. The van der Waals surface area contributed by atoms with Crippen LogP contribution in [-0.4, -0.2) is 18.4 Å². The van der Waals surface area contributed by atoms with Crippen molar-refractivity contribution in [3.05, 3.63) is 22.8 Å². The SMILES string of the molecule is CNC1CCc2c(C)cc(SC)c(O)c21.Cl. The molecule has 0 aromatic heterocycles. The summed E-state index contributed by atoms with van der Waals surface area (Å²) < 4.78 is 0. The van der Waals surface area contributed by atoms with Crippen LogP contribution in [0.3, 0.4) is 0 Å². The number of phenolic OH excluding ortho intramolecular Hbond substituents is 1. The molecule has 0 spiro atoms. The van der Waals surface area contributed by atoms with Crippen LogP contribution in [0.1, 0.15) is 29.2 Å². The molecule has 0 amide bonds. The molecule has 2 N–H and O–H groups in total. The Kier molecular flexibility index (Phi) is 4.53. The van der Waals surface area contributed by atoms with Crippen molar-refractivity contribution in [2.75, 3.05) is 13.3 Å². The summed E-state index contributed by atoms with van der Waals surface area (Å²) in [6.07, 6.45) is 4.18. The minimum atomic E-state index is 0. The lowest BCUT2D eigenvalue weighted by atomic mass is 10.0. The maximum Gasteiger partial charge on any atom is 0.134 e. The largest absolute Gasteiger partial charge is 0.506 e. The number of halogens is 1. The average Bonchev–Trinajstić information content (AvgIpc) is 2.67.